The fourth-order valence-electron chi connectivity index (χ4n) is 2.94. The molecule has 2 heterocycles. The fourth-order valence-corrected chi connectivity index (χ4v) is 2.94. The third kappa shape index (κ3) is 2.42. The lowest BCUT2D eigenvalue weighted by Gasteiger charge is -2.23. The highest BCUT2D eigenvalue weighted by atomic mass is 16.5. The number of imide groups is 1. The Morgan fingerprint density at radius 3 is 2.67 bits per heavy atom. The summed E-state index contributed by atoms with van der Waals surface area (Å²) >= 11 is 0. The number of urea groups is 1. The van der Waals surface area contributed by atoms with E-state index in [1.165, 1.54) is 4.90 Å². The predicted molar refractivity (Wildman–Crippen MR) is 77.7 cm³/mol. The van der Waals surface area contributed by atoms with Gasteiger partial charge in [0.25, 0.3) is 5.91 Å². The summed E-state index contributed by atoms with van der Waals surface area (Å²) in [4.78, 5) is 26.2. The Kier molecular flexibility index (Phi) is 3.45. The highest BCUT2D eigenvalue weighted by Crippen LogP contribution is 2.29. The average molecular weight is 288 g/mol. The van der Waals surface area contributed by atoms with Gasteiger partial charge < -0.3 is 10.1 Å². The molecule has 0 aromatic heterocycles. The first-order valence-electron chi connectivity index (χ1n) is 7.33. The number of amides is 3. The third-order valence-electron chi connectivity index (χ3n) is 4.31. The molecule has 112 valence electrons. The quantitative estimate of drug-likeness (QED) is 0.865. The maximum Gasteiger partial charge on any atom is 0.325 e. The number of nitrogens with zero attached hydrogens (tertiary/aromatic N) is 1. The number of benzene rings is 1. The van der Waals surface area contributed by atoms with Crippen LogP contribution in [-0.4, -0.2) is 36.1 Å². The maximum absolute atomic E-state index is 12.7. The van der Waals surface area contributed by atoms with Gasteiger partial charge in [0.15, 0.2) is 0 Å². The first-order valence-corrected chi connectivity index (χ1v) is 7.33. The van der Waals surface area contributed by atoms with Crippen LogP contribution in [0.1, 0.15) is 30.9 Å². The summed E-state index contributed by atoms with van der Waals surface area (Å²) in [5.41, 5.74) is 0.945. The van der Waals surface area contributed by atoms with Crippen molar-refractivity contribution in [2.45, 2.75) is 38.3 Å². The van der Waals surface area contributed by atoms with Crippen molar-refractivity contribution in [1.82, 2.24) is 10.2 Å². The van der Waals surface area contributed by atoms with Crippen molar-refractivity contribution in [1.29, 1.82) is 0 Å². The Morgan fingerprint density at radius 2 is 2.05 bits per heavy atom. The standard InChI is InChI=1S/C16H20N2O3/c1-11-5-7-12(8-6-11)16(2)14(19)18(15(20)17-16)10-13-4-3-9-21-13/h5-8,13H,3-4,9-10H2,1-2H3,(H,17,20). The minimum absolute atomic E-state index is 0.0277. The van der Waals surface area contributed by atoms with E-state index in [9.17, 15) is 9.59 Å². The summed E-state index contributed by atoms with van der Waals surface area (Å²) in [6, 6.07) is 7.34. The van der Waals surface area contributed by atoms with Crippen LogP contribution in [0, 0.1) is 6.92 Å². The molecular formula is C16H20N2O3. The molecule has 0 saturated carbocycles. The highest BCUT2D eigenvalue weighted by molar-refractivity contribution is 6.07. The lowest BCUT2D eigenvalue weighted by atomic mass is 9.91. The number of carbonyl (C=O) groups is 2. The van der Waals surface area contributed by atoms with Crippen molar-refractivity contribution < 1.29 is 14.3 Å². The second kappa shape index (κ2) is 5.15. The molecule has 0 aliphatic carbocycles. The van der Waals surface area contributed by atoms with Crippen LogP contribution in [0.2, 0.25) is 0 Å². The minimum Gasteiger partial charge on any atom is -0.376 e. The van der Waals surface area contributed by atoms with Crippen LogP contribution in [0.4, 0.5) is 4.79 Å². The largest absolute Gasteiger partial charge is 0.376 e. The normalized spacial score (nSPS) is 29.0. The zero-order valence-corrected chi connectivity index (χ0v) is 12.4. The first-order chi connectivity index (χ1) is 10.0. The van der Waals surface area contributed by atoms with E-state index < -0.39 is 5.54 Å². The molecule has 0 bridgehead atoms. The zero-order valence-electron chi connectivity index (χ0n) is 12.4. The molecule has 3 rings (SSSR count). The Bertz CT molecular complexity index is 563. The Hall–Kier alpha value is -1.88. The molecule has 2 unspecified atom stereocenters. The average Bonchev–Trinajstić information content (AvgIpc) is 3.03. The summed E-state index contributed by atoms with van der Waals surface area (Å²) in [5, 5.41) is 2.82. The molecule has 5 heteroatoms. The van der Waals surface area contributed by atoms with Crippen molar-refractivity contribution in [2.75, 3.05) is 13.2 Å². The van der Waals surface area contributed by atoms with Gasteiger partial charge in [-0.15, -0.1) is 0 Å². The van der Waals surface area contributed by atoms with Gasteiger partial charge >= 0.3 is 6.03 Å². The first kappa shape index (κ1) is 14.1. The molecule has 1 aromatic carbocycles. The molecule has 21 heavy (non-hydrogen) atoms. The number of hydrogen-bond acceptors (Lipinski definition) is 3. The van der Waals surface area contributed by atoms with Crippen molar-refractivity contribution in [3.8, 4) is 0 Å². The van der Waals surface area contributed by atoms with Gasteiger partial charge in [-0.1, -0.05) is 29.8 Å². The topological polar surface area (TPSA) is 58.6 Å². The van der Waals surface area contributed by atoms with Crippen LogP contribution >= 0.6 is 0 Å². The highest BCUT2D eigenvalue weighted by Gasteiger charge is 2.49. The number of aryl methyl sites for hydroxylation is 1. The van der Waals surface area contributed by atoms with E-state index in [0.717, 1.165) is 24.0 Å². The second-order valence-corrected chi connectivity index (χ2v) is 5.97. The van der Waals surface area contributed by atoms with Gasteiger partial charge in [0.2, 0.25) is 0 Å². The number of hydrogen-bond donors (Lipinski definition) is 1. The Labute approximate surface area is 124 Å². The summed E-state index contributed by atoms with van der Waals surface area (Å²) in [7, 11) is 0. The second-order valence-electron chi connectivity index (χ2n) is 5.97. The van der Waals surface area contributed by atoms with E-state index in [0.29, 0.717) is 13.2 Å². The van der Waals surface area contributed by atoms with Gasteiger partial charge in [0.1, 0.15) is 5.54 Å². The van der Waals surface area contributed by atoms with Crippen LogP contribution in [0.3, 0.4) is 0 Å². The smallest absolute Gasteiger partial charge is 0.325 e. The van der Waals surface area contributed by atoms with E-state index in [1.807, 2.05) is 31.2 Å². The van der Waals surface area contributed by atoms with Gasteiger partial charge in [-0.3, -0.25) is 9.69 Å². The molecule has 0 spiro atoms. The summed E-state index contributed by atoms with van der Waals surface area (Å²) in [5.74, 6) is -0.202. The van der Waals surface area contributed by atoms with Crippen molar-refractivity contribution in [3.05, 3.63) is 35.4 Å². The van der Waals surface area contributed by atoms with Crippen molar-refractivity contribution in [2.24, 2.45) is 0 Å². The summed E-state index contributed by atoms with van der Waals surface area (Å²) < 4.78 is 5.53. The number of nitrogens with one attached hydrogen (secondary N) is 1. The van der Waals surface area contributed by atoms with Gasteiger partial charge in [-0.25, -0.2) is 4.79 Å². The molecule has 2 aliphatic rings. The molecule has 2 fully saturated rings. The maximum atomic E-state index is 12.7. The van der Waals surface area contributed by atoms with Crippen LogP contribution in [0.15, 0.2) is 24.3 Å². The van der Waals surface area contributed by atoms with Crippen LogP contribution in [0.25, 0.3) is 0 Å². The monoisotopic (exact) mass is 288 g/mol. The van der Waals surface area contributed by atoms with E-state index in [4.69, 9.17) is 4.74 Å². The van der Waals surface area contributed by atoms with Gasteiger partial charge in [0.05, 0.1) is 12.6 Å². The Balaban J connectivity index is 1.82. The molecule has 2 aliphatic heterocycles. The molecule has 2 saturated heterocycles. The van der Waals surface area contributed by atoms with Crippen molar-refractivity contribution in [3.63, 3.8) is 0 Å². The van der Waals surface area contributed by atoms with Crippen LogP contribution in [0.5, 0.6) is 0 Å². The minimum atomic E-state index is -0.983. The zero-order chi connectivity index (χ0) is 15.0. The molecule has 2 atom stereocenters. The molecule has 1 aromatic rings. The summed E-state index contributed by atoms with van der Waals surface area (Å²) in [6.45, 7) is 4.80. The van der Waals surface area contributed by atoms with E-state index in [2.05, 4.69) is 5.32 Å². The SMILES string of the molecule is Cc1ccc(C2(C)NC(=O)N(CC3CCCO3)C2=O)cc1. The Morgan fingerprint density at radius 1 is 1.33 bits per heavy atom. The van der Waals surface area contributed by atoms with E-state index in [1.54, 1.807) is 6.92 Å². The number of carbonyl (C=O) groups excluding carboxylic acids is 2. The number of rotatable bonds is 3. The predicted octanol–water partition coefficient (Wildman–Crippen LogP) is 1.94. The van der Waals surface area contributed by atoms with Gasteiger partial charge in [0, 0.05) is 6.61 Å². The third-order valence-corrected chi connectivity index (χ3v) is 4.31. The molecular weight excluding hydrogens is 268 g/mol. The fraction of sp³-hybridized carbons (Fsp3) is 0.500. The van der Waals surface area contributed by atoms with Crippen LogP contribution < -0.4 is 5.32 Å². The lowest BCUT2D eigenvalue weighted by Crippen LogP contribution is -2.42. The van der Waals surface area contributed by atoms with E-state index >= 15 is 0 Å². The molecule has 0 radical (unpaired) electrons. The lowest BCUT2D eigenvalue weighted by molar-refractivity contribution is -0.132. The number of ether oxygens (including phenoxy) is 1. The van der Waals surface area contributed by atoms with Crippen LogP contribution in [-0.2, 0) is 15.1 Å². The molecule has 5 nitrogen and oxygen atoms in total. The van der Waals surface area contributed by atoms with E-state index in [-0.39, 0.29) is 18.0 Å². The van der Waals surface area contributed by atoms with Gasteiger partial charge in [-0.2, -0.15) is 0 Å². The van der Waals surface area contributed by atoms with Gasteiger partial charge in [-0.05, 0) is 32.3 Å². The molecule has 3 amide bonds. The summed E-state index contributed by atoms with van der Waals surface area (Å²) in [6.07, 6.45) is 1.86. The van der Waals surface area contributed by atoms with Crippen molar-refractivity contribution >= 4 is 11.9 Å². The molecule has 1 N–H and O–H groups in total.